The second-order valence-electron chi connectivity index (χ2n) is 4.30. The molecule has 102 valence electrons. The van der Waals surface area contributed by atoms with Gasteiger partial charge in [0.1, 0.15) is 5.52 Å². The van der Waals surface area contributed by atoms with Crippen molar-refractivity contribution in [1.82, 2.24) is 10.3 Å². The van der Waals surface area contributed by atoms with Crippen molar-refractivity contribution in [2.24, 2.45) is 0 Å². The lowest BCUT2D eigenvalue weighted by Crippen LogP contribution is -2.21. The molecule has 5 nitrogen and oxygen atoms in total. The molecule has 0 saturated heterocycles. The Hall–Kier alpha value is -1.88. The number of fused-ring (bicyclic) bond motifs is 1. The van der Waals surface area contributed by atoms with Crippen LogP contribution < -0.4 is 10.6 Å². The molecule has 0 aliphatic heterocycles. The largest absolute Gasteiger partial charge is 0.441 e. The predicted molar refractivity (Wildman–Crippen MR) is 75.2 cm³/mol. The molecule has 1 amide bonds. The van der Waals surface area contributed by atoms with Gasteiger partial charge in [0.05, 0.1) is 0 Å². The van der Waals surface area contributed by atoms with Gasteiger partial charge < -0.3 is 15.1 Å². The second-order valence-corrected chi connectivity index (χ2v) is 4.30. The average molecular weight is 261 g/mol. The first kappa shape index (κ1) is 13.5. The van der Waals surface area contributed by atoms with Crippen molar-refractivity contribution in [3.63, 3.8) is 0 Å². The third-order valence-electron chi connectivity index (χ3n) is 2.80. The summed E-state index contributed by atoms with van der Waals surface area (Å²) in [4.78, 5) is 16.0. The van der Waals surface area contributed by atoms with Crippen LogP contribution in [0.2, 0.25) is 0 Å². The first-order valence-electron chi connectivity index (χ1n) is 6.63. The monoisotopic (exact) mass is 261 g/mol. The average Bonchev–Trinajstić information content (AvgIpc) is 2.81. The Balaban J connectivity index is 2.02. The van der Waals surface area contributed by atoms with Gasteiger partial charge in [-0.3, -0.25) is 4.79 Å². The maximum Gasteiger partial charge on any atom is 0.225 e. The Morgan fingerprint density at radius 1 is 1.37 bits per heavy atom. The number of amides is 1. The molecular formula is C14H19N3O2. The zero-order chi connectivity index (χ0) is 13.7. The molecule has 0 aliphatic rings. The van der Waals surface area contributed by atoms with Crippen molar-refractivity contribution in [2.75, 3.05) is 18.4 Å². The lowest BCUT2D eigenvalue weighted by Gasteiger charge is -2.05. The number of oxazole rings is 1. The molecule has 19 heavy (non-hydrogen) atoms. The molecule has 0 atom stereocenters. The molecule has 1 aromatic carbocycles. The van der Waals surface area contributed by atoms with Gasteiger partial charge in [0.25, 0.3) is 0 Å². The van der Waals surface area contributed by atoms with Crippen LogP contribution in [0.25, 0.3) is 11.1 Å². The molecule has 5 heteroatoms. The molecule has 0 radical (unpaired) electrons. The van der Waals surface area contributed by atoms with Crippen LogP contribution in [-0.2, 0) is 11.2 Å². The maximum absolute atomic E-state index is 11.7. The minimum absolute atomic E-state index is 0.000454. The summed E-state index contributed by atoms with van der Waals surface area (Å²) in [6.07, 6.45) is 1.23. The molecule has 0 aliphatic carbocycles. The molecule has 1 heterocycles. The van der Waals surface area contributed by atoms with Gasteiger partial charge in [0, 0.05) is 25.1 Å². The summed E-state index contributed by atoms with van der Waals surface area (Å²) >= 11 is 0. The number of nitrogens with zero attached hydrogens (tertiary/aromatic N) is 1. The van der Waals surface area contributed by atoms with Crippen LogP contribution in [0.3, 0.4) is 0 Å². The Bertz CT molecular complexity index is 563. The van der Waals surface area contributed by atoms with E-state index < -0.39 is 0 Å². The van der Waals surface area contributed by atoms with E-state index in [1.165, 1.54) is 0 Å². The Morgan fingerprint density at radius 2 is 2.21 bits per heavy atom. The van der Waals surface area contributed by atoms with Gasteiger partial charge in [0.15, 0.2) is 11.5 Å². The van der Waals surface area contributed by atoms with E-state index in [0.29, 0.717) is 18.9 Å². The molecule has 2 aromatic rings. The van der Waals surface area contributed by atoms with Gasteiger partial charge in [-0.25, -0.2) is 4.98 Å². The summed E-state index contributed by atoms with van der Waals surface area (Å²) in [5, 5.41) is 5.98. The van der Waals surface area contributed by atoms with Crippen LogP contribution in [0.5, 0.6) is 0 Å². The topological polar surface area (TPSA) is 67.2 Å². The van der Waals surface area contributed by atoms with Crippen LogP contribution in [-0.4, -0.2) is 24.0 Å². The maximum atomic E-state index is 11.7. The van der Waals surface area contributed by atoms with Crippen molar-refractivity contribution >= 4 is 22.7 Å². The minimum Gasteiger partial charge on any atom is -0.441 e. The standard InChI is InChI=1S/C14H19N3O2/c1-3-14-17-11-9-10(5-6-12(11)19-14)16-13(18)7-8-15-4-2/h5-6,9,15H,3-4,7-8H2,1-2H3,(H,16,18). The van der Waals surface area contributed by atoms with E-state index in [9.17, 15) is 4.79 Å². The van der Waals surface area contributed by atoms with Crippen molar-refractivity contribution in [2.45, 2.75) is 26.7 Å². The third-order valence-corrected chi connectivity index (χ3v) is 2.80. The first-order chi connectivity index (χ1) is 9.22. The predicted octanol–water partition coefficient (Wildman–Crippen LogP) is 2.33. The van der Waals surface area contributed by atoms with Crippen molar-refractivity contribution < 1.29 is 9.21 Å². The molecule has 0 fully saturated rings. The smallest absolute Gasteiger partial charge is 0.225 e. The third kappa shape index (κ3) is 3.54. The van der Waals surface area contributed by atoms with Crippen molar-refractivity contribution in [3.8, 4) is 0 Å². The lowest BCUT2D eigenvalue weighted by molar-refractivity contribution is -0.116. The fraction of sp³-hybridized carbons (Fsp3) is 0.429. The van der Waals surface area contributed by atoms with E-state index in [-0.39, 0.29) is 5.91 Å². The van der Waals surface area contributed by atoms with Gasteiger partial charge in [0.2, 0.25) is 5.91 Å². The fourth-order valence-electron chi connectivity index (χ4n) is 1.81. The van der Waals surface area contributed by atoms with Gasteiger partial charge in [-0.1, -0.05) is 13.8 Å². The molecule has 2 rings (SSSR count). The molecule has 0 bridgehead atoms. The highest BCUT2D eigenvalue weighted by atomic mass is 16.3. The molecule has 0 saturated carbocycles. The van der Waals surface area contributed by atoms with Crippen LogP contribution >= 0.6 is 0 Å². The van der Waals surface area contributed by atoms with Crippen molar-refractivity contribution in [3.05, 3.63) is 24.1 Å². The number of anilines is 1. The van der Waals surface area contributed by atoms with E-state index in [2.05, 4.69) is 15.6 Å². The van der Waals surface area contributed by atoms with E-state index in [1.807, 2.05) is 32.0 Å². The Morgan fingerprint density at radius 3 is 2.95 bits per heavy atom. The van der Waals surface area contributed by atoms with Crippen molar-refractivity contribution in [1.29, 1.82) is 0 Å². The number of carbonyl (C=O) groups is 1. The molecule has 0 spiro atoms. The number of nitrogens with one attached hydrogen (secondary N) is 2. The highest BCUT2D eigenvalue weighted by molar-refractivity contribution is 5.92. The quantitative estimate of drug-likeness (QED) is 0.783. The zero-order valence-corrected chi connectivity index (χ0v) is 11.3. The van der Waals surface area contributed by atoms with E-state index in [1.54, 1.807) is 0 Å². The van der Waals surface area contributed by atoms with Gasteiger partial charge >= 0.3 is 0 Å². The molecule has 0 unspecified atom stereocenters. The summed E-state index contributed by atoms with van der Waals surface area (Å²) in [6.45, 7) is 5.57. The fourth-order valence-corrected chi connectivity index (χ4v) is 1.81. The van der Waals surface area contributed by atoms with Crippen LogP contribution in [0.4, 0.5) is 5.69 Å². The zero-order valence-electron chi connectivity index (χ0n) is 11.3. The number of hydrogen-bond acceptors (Lipinski definition) is 4. The van der Waals surface area contributed by atoms with Crippen LogP contribution in [0.1, 0.15) is 26.2 Å². The van der Waals surface area contributed by atoms with Crippen LogP contribution in [0.15, 0.2) is 22.6 Å². The summed E-state index contributed by atoms with van der Waals surface area (Å²) in [5.74, 6) is 0.713. The lowest BCUT2D eigenvalue weighted by atomic mass is 10.2. The van der Waals surface area contributed by atoms with E-state index in [0.717, 1.165) is 29.8 Å². The summed E-state index contributed by atoms with van der Waals surface area (Å²) < 4.78 is 5.52. The summed E-state index contributed by atoms with van der Waals surface area (Å²) in [6, 6.07) is 5.50. The molecule has 2 N–H and O–H groups in total. The minimum atomic E-state index is -0.000454. The van der Waals surface area contributed by atoms with Gasteiger partial charge in [-0.05, 0) is 24.7 Å². The van der Waals surface area contributed by atoms with Gasteiger partial charge in [-0.15, -0.1) is 0 Å². The number of hydrogen-bond donors (Lipinski definition) is 2. The highest BCUT2D eigenvalue weighted by Gasteiger charge is 2.07. The SMILES string of the molecule is CCNCCC(=O)Nc1ccc2oc(CC)nc2c1. The Kier molecular flexibility index (Phi) is 4.52. The number of benzene rings is 1. The summed E-state index contributed by atoms with van der Waals surface area (Å²) in [5.41, 5.74) is 2.29. The summed E-state index contributed by atoms with van der Waals surface area (Å²) in [7, 11) is 0. The number of carbonyl (C=O) groups excluding carboxylic acids is 1. The second kappa shape index (κ2) is 6.33. The normalized spacial score (nSPS) is 10.8. The number of aryl methyl sites for hydroxylation is 1. The highest BCUT2D eigenvalue weighted by Crippen LogP contribution is 2.20. The molecular weight excluding hydrogens is 242 g/mol. The van der Waals surface area contributed by atoms with E-state index in [4.69, 9.17) is 4.42 Å². The molecule has 1 aromatic heterocycles. The van der Waals surface area contributed by atoms with E-state index >= 15 is 0 Å². The number of aromatic nitrogens is 1. The first-order valence-corrected chi connectivity index (χ1v) is 6.63. The van der Waals surface area contributed by atoms with Crippen LogP contribution in [0, 0.1) is 0 Å². The van der Waals surface area contributed by atoms with Gasteiger partial charge in [-0.2, -0.15) is 0 Å². The Labute approximate surface area is 112 Å². The number of rotatable bonds is 6.